The van der Waals surface area contributed by atoms with E-state index in [0.29, 0.717) is 18.9 Å². The summed E-state index contributed by atoms with van der Waals surface area (Å²) in [6.45, 7) is 9.02. The molecule has 0 spiro atoms. The van der Waals surface area contributed by atoms with Crippen molar-refractivity contribution in [1.82, 2.24) is 9.80 Å². The highest BCUT2D eigenvalue weighted by Gasteiger charge is 2.17. The minimum Gasteiger partial charge on any atom is -0.343 e. The maximum Gasteiger partial charge on any atom is 0.224 e. The van der Waals surface area contributed by atoms with Gasteiger partial charge in [0.15, 0.2) is 0 Å². The van der Waals surface area contributed by atoms with Crippen LogP contribution < -0.4 is 0 Å². The molecule has 20 heavy (non-hydrogen) atoms. The molecule has 1 saturated heterocycles. The first-order chi connectivity index (χ1) is 9.50. The summed E-state index contributed by atoms with van der Waals surface area (Å²) in [6, 6.07) is 0. The first kappa shape index (κ1) is 17.0. The second-order valence-electron chi connectivity index (χ2n) is 6.23. The third-order valence-corrected chi connectivity index (χ3v) is 3.98. The SMILES string of the molecule is CC(=O)N(CCC(=O)N1CCCCCC1)CCC(C)C. The third kappa shape index (κ3) is 6.40. The van der Waals surface area contributed by atoms with Gasteiger partial charge >= 0.3 is 0 Å². The molecule has 116 valence electrons. The van der Waals surface area contributed by atoms with E-state index in [1.165, 1.54) is 12.8 Å². The predicted octanol–water partition coefficient (Wildman–Crippen LogP) is 2.67. The summed E-state index contributed by atoms with van der Waals surface area (Å²) in [6.07, 6.45) is 6.18. The van der Waals surface area contributed by atoms with Gasteiger partial charge in [-0.25, -0.2) is 0 Å². The first-order valence-electron chi connectivity index (χ1n) is 8.04. The van der Waals surface area contributed by atoms with Crippen LogP contribution in [0.2, 0.25) is 0 Å². The Morgan fingerprint density at radius 3 is 2.15 bits per heavy atom. The molecule has 0 atom stereocenters. The van der Waals surface area contributed by atoms with Crippen LogP contribution in [0.3, 0.4) is 0 Å². The van der Waals surface area contributed by atoms with Crippen LogP contribution in [0.25, 0.3) is 0 Å². The van der Waals surface area contributed by atoms with E-state index in [2.05, 4.69) is 13.8 Å². The molecule has 0 unspecified atom stereocenters. The zero-order chi connectivity index (χ0) is 15.0. The van der Waals surface area contributed by atoms with Crippen molar-refractivity contribution in [3.63, 3.8) is 0 Å². The zero-order valence-corrected chi connectivity index (χ0v) is 13.4. The third-order valence-electron chi connectivity index (χ3n) is 3.98. The minimum absolute atomic E-state index is 0.0781. The van der Waals surface area contributed by atoms with Crippen LogP contribution in [0.5, 0.6) is 0 Å². The molecule has 1 fully saturated rings. The van der Waals surface area contributed by atoms with Crippen LogP contribution in [-0.2, 0) is 9.59 Å². The number of nitrogens with zero attached hydrogens (tertiary/aromatic N) is 2. The fraction of sp³-hybridized carbons (Fsp3) is 0.875. The molecule has 0 aromatic carbocycles. The quantitative estimate of drug-likeness (QED) is 0.751. The van der Waals surface area contributed by atoms with Crippen LogP contribution in [0, 0.1) is 5.92 Å². The van der Waals surface area contributed by atoms with Gasteiger partial charge in [0.2, 0.25) is 11.8 Å². The molecule has 1 rings (SSSR count). The standard InChI is InChI=1S/C16H30N2O2/c1-14(2)8-12-17(15(3)19)13-9-16(20)18-10-6-4-5-7-11-18/h14H,4-13H2,1-3H3. The van der Waals surface area contributed by atoms with E-state index < -0.39 is 0 Å². The molecule has 4 heteroatoms. The monoisotopic (exact) mass is 282 g/mol. The van der Waals surface area contributed by atoms with Crippen LogP contribution in [0.4, 0.5) is 0 Å². The lowest BCUT2D eigenvalue weighted by atomic mass is 10.1. The summed E-state index contributed by atoms with van der Waals surface area (Å²) in [4.78, 5) is 27.6. The van der Waals surface area contributed by atoms with Crippen molar-refractivity contribution in [3.05, 3.63) is 0 Å². The molecular formula is C16H30N2O2. The van der Waals surface area contributed by atoms with Crippen LogP contribution in [-0.4, -0.2) is 47.8 Å². The van der Waals surface area contributed by atoms with Gasteiger partial charge < -0.3 is 9.80 Å². The molecule has 1 aliphatic heterocycles. The minimum atomic E-state index is 0.0781. The molecule has 1 heterocycles. The van der Waals surface area contributed by atoms with E-state index in [1.807, 2.05) is 9.80 Å². The van der Waals surface area contributed by atoms with Gasteiger partial charge in [-0.15, -0.1) is 0 Å². The van der Waals surface area contributed by atoms with Gasteiger partial charge in [0.25, 0.3) is 0 Å². The molecular weight excluding hydrogens is 252 g/mol. The molecule has 0 aromatic rings. The molecule has 0 radical (unpaired) electrons. The number of hydrogen-bond acceptors (Lipinski definition) is 2. The van der Waals surface area contributed by atoms with E-state index >= 15 is 0 Å². The number of carbonyl (C=O) groups excluding carboxylic acids is 2. The van der Waals surface area contributed by atoms with Crippen molar-refractivity contribution < 1.29 is 9.59 Å². The van der Waals surface area contributed by atoms with Crippen LogP contribution in [0.1, 0.15) is 59.3 Å². The van der Waals surface area contributed by atoms with Crippen molar-refractivity contribution in [1.29, 1.82) is 0 Å². The number of hydrogen-bond donors (Lipinski definition) is 0. The van der Waals surface area contributed by atoms with Crippen molar-refractivity contribution >= 4 is 11.8 Å². The Kier molecular flexibility index (Phi) is 7.63. The van der Waals surface area contributed by atoms with Gasteiger partial charge in [0, 0.05) is 39.5 Å². The average molecular weight is 282 g/mol. The predicted molar refractivity (Wildman–Crippen MR) is 81.4 cm³/mol. The molecule has 0 bridgehead atoms. The summed E-state index contributed by atoms with van der Waals surface area (Å²) in [5.74, 6) is 0.871. The normalized spacial score (nSPS) is 16.1. The first-order valence-corrected chi connectivity index (χ1v) is 8.04. The van der Waals surface area contributed by atoms with Gasteiger partial charge in [-0.1, -0.05) is 26.7 Å². The Bertz CT molecular complexity index is 308. The molecule has 4 nitrogen and oxygen atoms in total. The number of likely N-dealkylation sites (tertiary alicyclic amines) is 1. The summed E-state index contributed by atoms with van der Waals surface area (Å²) >= 11 is 0. The van der Waals surface area contributed by atoms with E-state index in [9.17, 15) is 9.59 Å². The molecule has 0 saturated carbocycles. The molecule has 0 aliphatic carbocycles. The largest absolute Gasteiger partial charge is 0.343 e. The van der Waals surface area contributed by atoms with Crippen LogP contribution in [0.15, 0.2) is 0 Å². The van der Waals surface area contributed by atoms with Gasteiger partial charge in [-0.3, -0.25) is 9.59 Å². The fourth-order valence-corrected chi connectivity index (χ4v) is 2.55. The van der Waals surface area contributed by atoms with Crippen LogP contribution >= 0.6 is 0 Å². The lowest BCUT2D eigenvalue weighted by Crippen LogP contribution is -2.37. The number of amides is 2. The van der Waals surface area contributed by atoms with Gasteiger partial charge in [-0.05, 0) is 25.2 Å². The maximum absolute atomic E-state index is 12.2. The average Bonchev–Trinajstić information content (AvgIpc) is 2.66. The fourth-order valence-electron chi connectivity index (χ4n) is 2.55. The van der Waals surface area contributed by atoms with Crippen molar-refractivity contribution in [2.24, 2.45) is 5.92 Å². The highest BCUT2D eigenvalue weighted by molar-refractivity contribution is 5.78. The highest BCUT2D eigenvalue weighted by atomic mass is 16.2. The summed E-state index contributed by atoms with van der Waals surface area (Å²) in [5, 5.41) is 0. The Hall–Kier alpha value is -1.06. The summed E-state index contributed by atoms with van der Waals surface area (Å²) in [5.41, 5.74) is 0. The smallest absolute Gasteiger partial charge is 0.224 e. The second kappa shape index (κ2) is 8.98. The second-order valence-corrected chi connectivity index (χ2v) is 6.23. The van der Waals surface area contributed by atoms with Gasteiger partial charge in [-0.2, -0.15) is 0 Å². The number of carbonyl (C=O) groups is 2. The summed E-state index contributed by atoms with van der Waals surface area (Å²) in [7, 11) is 0. The summed E-state index contributed by atoms with van der Waals surface area (Å²) < 4.78 is 0. The van der Waals surface area contributed by atoms with E-state index in [1.54, 1.807) is 6.92 Å². The lowest BCUT2D eigenvalue weighted by Gasteiger charge is -2.25. The topological polar surface area (TPSA) is 40.6 Å². The highest BCUT2D eigenvalue weighted by Crippen LogP contribution is 2.11. The molecule has 0 aromatic heterocycles. The van der Waals surface area contributed by atoms with Gasteiger partial charge in [0.05, 0.1) is 0 Å². The molecule has 1 aliphatic rings. The van der Waals surface area contributed by atoms with Crippen molar-refractivity contribution in [2.45, 2.75) is 59.3 Å². The Morgan fingerprint density at radius 2 is 1.65 bits per heavy atom. The molecule has 0 N–H and O–H groups in total. The van der Waals surface area contributed by atoms with Crippen molar-refractivity contribution in [2.75, 3.05) is 26.2 Å². The zero-order valence-electron chi connectivity index (χ0n) is 13.4. The van der Waals surface area contributed by atoms with E-state index in [0.717, 1.165) is 38.9 Å². The van der Waals surface area contributed by atoms with Crippen molar-refractivity contribution in [3.8, 4) is 0 Å². The Morgan fingerprint density at radius 1 is 1.05 bits per heavy atom. The van der Waals surface area contributed by atoms with Gasteiger partial charge in [0.1, 0.15) is 0 Å². The maximum atomic E-state index is 12.2. The Balaban J connectivity index is 2.37. The lowest BCUT2D eigenvalue weighted by molar-refractivity contribution is -0.133. The Labute approximate surface area is 123 Å². The van der Waals surface area contributed by atoms with E-state index in [-0.39, 0.29) is 11.8 Å². The number of rotatable bonds is 6. The molecule has 2 amide bonds. The van der Waals surface area contributed by atoms with E-state index in [4.69, 9.17) is 0 Å².